The van der Waals surface area contributed by atoms with Gasteiger partial charge in [0.15, 0.2) is 0 Å². The second-order valence-electron chi connectivity index (χ2n) is 9.63. The highest BCUT2D eigenvalue weighted by Crippen LogP contribution is 2.30. The number of amides is 1. The van der Waals surface area contributed by atoms with E-state index in [1.807, 2.05) is 11.0 Å². The van der Waals surface area contributed by atoms with E-state index in [4.69, 9.17) is 10.00 Å². The molecule has 0 bridgehead atoms. The number of hydrogen-bond donors (Lipinski definition) is 1. The normalized spacial score (nSPS) is 18.5. The summed E-state index contributed by atoms with van der Waals surface area (Å²) in [4.78, 5) is 19.6. The minimum atomic E-state index is -3.73. The highest BCUT2D eigenvalue weighted by atomic mass is 32.2. The SMILES string of the molecule is N#Cc1ccc(N2CCN(C(=O)c3cc(S(=O)(=O)NCC4CC4)ccc3N3CCOCC3)CC2)cc1F. The summed E-state index contributed by atoms with van der Waals surface area (Å²) in [6.45, 7) is 4.51. The molecule has 1 amide bonds. The number of sulfonamides is 1. The molecule has 0 spiro atoms. The van der Waals surface area contributed by atoms with Crippen LogP contribution >= 0.6 is 0 Å². The fraction of sp³-hybridized carbons (Fsp3) is 0.462. The topological polar surface area (TPSA) is 106 Å². The van der Waals surface area contributed by atoms with Crippen molar-refractivity contribution in [3.05, 3.63) is 53.3 Å². The molecule has 2 heterocycles. The second-order valence-corrected chi connectivity index (χ2v) is 11.4. The second kappa shape index (κ2) is 10.7. The maximum Gasteiger partial charge on any atom is 0.256 e. The Morgan fingerprint density at radius 1 is 1.03 bits per heavy atom. The molecule has 0 aromatic heterocycles. The first kappa shape index (κ1) is 25.4. The van der Waals surface area contributed by atoms with Crippen LogP contribution in [0.2, 0.25) is 0 Å². The molecule has 0 atom stereocenters. The number of hydrogen-bond acceptors (Lipinski definition) is 7. The Labute approximate surface area is 216 Å². The summed E-state index contributed by atoms with van der Waals surface area (Å²) in [5, 5.41) is 8.97. The zero-order valence-corrected chi connectivity index (χ0v) is 21.3. The minimum Gasteiger partial charge on any atom is -0.378 e. The van der Waals surface area contributed by atoms with E-state index in [1.54, 1.807) is 23.1 Å². The monoisotopic (exact) mass is 527 g/mol. The largest absolute Gasteiger partial charge is 0.378 e. The molecule has 3 fully saturated rings. The number of nitrogens with one attached hydrogen (secondary N) is 1. The predicted octanol–water partition coefficient (Wildman–Crippen LogP) is 2.18. The predicted molar refractivity (Wildman–Crippen MR) is 137 cm³/mol. The van der Waals surface area contributed by atoms with Crippen molar-refractivity contribution < 1.29 is 22.3 Å². The van der Waals surface area contributed by atoms with E-state index in [9.17, 15) is 17.6 Å². The van der Waals surface area contributed by atoms with E-state index in [-0.39, 0.29) is 16.4 Å². The summed E-state index contributed by atoms with van der Waals surface area (Å²) < 4.78 is 48.1. The van der Waals surface area contributed by atoms with Crippen LogP contribution in [-0.2, 0) is 14.8 Å². The number of carbonyl (C=O) groups excluding carboxylic acids is 1. The Morgan fingerprint density at radius 2 is 1.76 bits per heavy atom. The van der Waals surface area contributed by atoms with Gasteiger partial charge in [-0.2, -0.15) is 5.26 Å². The Hall–Kier alpha value is -3.20. The van der Waals surface area contributed by atoms with Crippen LogP contribution in [0, 0.1) is 23.1 Å². The molecule has 0 radical (unpaired) electrons. The van der Waals surface area contributed by atoms with Crippen molar-refractivity contribution in [3.8, 4) is 6.07 Å². The molecule has 1 N–H and O–H groups in total. The van der Waals surface area contributed by atoms with E-state index >= 15 is 0 Å². The summed E-state index contributed by atoms with van der Waals surface area (Å²) in [6, 6.07) is 11.1. The minimum absolute atomic E-state index is 0.00494. The molecule has 37 heavy (non-hydrogen) atoms. The van der Waals surface area contributed by atoms with E-state index in [2.05, 4.69) is 9.62 Å². The molecule has 2 saturated heterocycles. The van der Waals surface area contributed by atoms with Crippen LogP contribution in [0.3, 0.4) is 0 Å². The summed E-state index contributed by atoms with van der Waals surface area (Å²) in [5.74, 6) is -0.405. The zero-order valence-electron chi connectivity index (χ0n) is 20.5. The Balaban J connectivity index is 1.36. The number of halogens is 1. The summed E-state index contributed by atoms with van der Waals surface area (Å²) in [7, 11) is -3.73. The van der Waals surface area contributed by atoms with Crippen molar-refractivity contribution in [3.63, 3.8) is 0 Å². The van der Waals surface area contributed by atoms with Gasteiger partial charge in [0.1, 0.15) is 11.9 Å². The maximum atomic E-state index is 14.1. The number of anilines is 2. The molecule has 2 aromatic carbocycles. The standard InChI is InChI=1S/C26H30FN5O4S/c27-24-15-21(4-3-20(24)17-28)30-7-9-32(10-8-30)26(33)23-16-22(37(34,35)29-18-19-1-2-19)5-6-25(23)31-11-13-36-14-12-31/h3-6,15-16,19,29H,1-2,7-14,18H2. The van der Waals surface area contributed by atoms with E-state index in [0.717, 1.165) is 12.8 Å². The lowest BCUT2D eigenvalue weighted by Crippen LogP contribution is -2.49. The number of nitriles is 1. The molecular formula is C26H30FN5O4S. The Bertz CT molecular complexity index is 1310. The highest BCUT2D eigenvalue weighted by Gasteiger charge is 2.29. The number of piperazine rings is 1. The van der Waals surface area contributed by atoms with Gasteiger partial charge in [0.25, 0.3) is 5.91 Å². The molecule has 1 saturated carbocycles. The summed E-state index contributed by atoms with van der Waals surface area (Å²) in [5.41, 5.74) is 1.71. The number of ether oxygens (including phenoxy) is 1. The number of rotatable bonds is 7. The van der Waals surface area contributed by atoms with Gasteiger partial charge in [0, 0.05) is 57.2 Å². The molecule has 3 aliphatic rings. The van der Waals surface area contributed by atoms with Gasteiger partial charge in [-0.1, -0.05) is 0 Å². The van der Waals surface area contributed by atoms with Gasteiger partial charge in [-0.05, 0) is 55.2 Å². The van der Waals surface area contributed by atoms with Crippen molar-refractivity contribution in [1.82, 2.24) is 9.62 Å². The van der Waals surface area contributed by atoms with Crippen molar-refractivity contribution in [2.24, 2.45) is 5.92 Å². The number of carbonyl (C=O) groups is 1. The maximum absolute atomic E-state index is 14.1. The lowest BCUT2D eigenvalue weighted by atomic mass is 10.1. The molecule has 196 valence electrons. The van der Waals surface area contributed by atoms with Crippen molar-refractivity contribution in [2.75, 3.05) is 68.8 Å². The van der Waals surface area contributed by atoms with Crippen LogP contribution in [0.15, 0.2) is 41.3 Å². The van der Waals surface area contributed by atoms with E-state index < -0.39 is 15.8 Å². The van der Waals surface area contributed by atoms with Gasteiger partial charge in [-0.15, -0.1) is 0 Å². The summed E-state index contributed by atoms with van der Waals surface area (Å²) in [6.07, 6.45) is 2.06. The quantitative estimate of drug-likeness (QED) is 0.588. The van der Waals surface area contributed by atoms with Crippen LogP contribution in [0.25, 0.3) is 0 Å². The van der Waals surface area contributed by atoms with Gasteiger partial charge < -0.3 is 19.4 Å². The summed E-state index contributed by atoms with van der Waals surface area (Å²) >= 11 is 0. The third-order valence-electron chi connectivity index (χ3n) is 7.12. The zero-order chi connectivity index (χ0) is 26.0. The van der Waals surface area contributed by atoms with Gasteiger partial charge >= 0.3 is 0 Å². The van der Waals surface area contributed by atoms with Gasteiger partial charge in [-0.3, -0.25) is 4.79 Å². The van der Waals surface area contributed by atoms with Crippen LogP contribution in [0.1, 0.15) is 28.8 Å². The highest BCUT2D eigenvalue weighted by molar-refractivity contribution is 7.89. The van der Waals surface area contributed by atoms with Crippen molar-refractivity contribution >= 4 is 27.3 Å². The van der Waals surface area contributed by atoms with Gasteiger partial charge in [0.05, 0.1) is 29.2 Å². The fourth-order valence-corrected chi connectivity index (χ4v) is 5.84. The first-order chi connectivity index (χ1) is 17.9. The van der Waals surface area contributed by atoms with Crippen molar-refractivity contribution in [1.29, 1.82) is 5.26 Å². The average Bonchev–Trinajstić information content (AvgIpc) is 3.77. The third-order valence-corrected chi connectivity index (χ3v) is 8.55. The molecule has 2 aromatic rings. The molecule has 2 aliphatic heterocycles. The van der Waals surface area contributed by atoms with Gasteiger partial charge in [-0.25, -0.2) is 17.5 Å². The number of morpholine rings is 1. The van der Waals surface area contributed by atoms with Crippen LogP contribution < -0.4 is 14.5 Å². The molecular weight excluding hydrogens is 497 g/mol. The smallest absolute Gasteiger partial charge is 0.256 e. The molecule has 1 aliphatic carbocycles. The van der Waals surface area contributed by atoms with Crippen LogP contribution in [0.5, 0.6) is 0 Å². The number of nitrogens with zero attached hydrogens (tertiary/aromatic N) is 4. The number of benzene rings is 2. The van der Waals surface area contributed by atoms with Crippen molar-refractivity contribution in [2.45, 2.75) is 17.7 Å². The van der Waals surface area contributed by atoms with Gasteiger partial charge in [0.2, 0.25) is 10.0 Å². The lowest BCUT2D eigenvalue weighted by molar-refractivity contribution is 0.0746. The molecule has 9 nitrogen and oxygen atoms in total. The third kappa shape index (κ3) is 5.71. The Kier molecular flexibility index (Phi) is 7.33. The first-order valence-corrected chi connectivity index (χ1v) is 14.0. The van der Waals surface area contributed by atoms with E-state index in [1.165, 1.54) is 18.2 Å². The molecule has 5 rings (SSSR count). The average molecular weight is 528 g/mol. The van der Waals surface area contributed by atoms with Crippen LogP contribution in [-0.4, -0.2) is 78.3 Å². The first-order valence-electron chi connectivity index (χ1n) is 12.6. The lowest BCUT2D eigenvalue weighted by Gasteiger charge is -2.37. The Morgan fingerprint density at radius 3 is 2.41 bits per heavy atom. The van der Waals surface area contributed by atoms with E-state index in [0.29, 0.717) is 81.9 Å². The molecule has 11 heteroatoms. The van der Waals surface area contributed by atoms with Crippen LogP contribution in [0.4, 0.5) is 15.8 Å². The fourth-order valence-electron chi connectivity index (χ4n) is 4.70. The molecule has 0 unspecified atom stereocenters.